The summed E-state index contributed by atoms with van der Waals surface area (Å²) >= 11 is 0. The molecule has 0 aromatic heterocycles. The molecule has 0 aliphatic carbocycles. The average molecular weight is 264 g/mol. The van der Waals surface area contributed by atoms with E-state index in [2.05, 4.69) is 29.2 Å². The zero-order chi connectivity index (χ0) is 14.1. The number of carbonyl (C=O) groups excluding carboxylic acids is 1. The van der Waals surface area contributed by atoms with Crippen LogP contribution in [0.4, 0.5) is 16.2 Å². The molecule has 0 unspecified atom stereocenters. The molecule has 2 N–H and O–H groups in total. The van der Waals surface area contributed by atoms with Crippen molar-refractivity contribution in [1.82, 2.24) is 0 Å². The number of carbonyl (C=O) groups is 1. The van der Waals surface area contributed by atoms with Gasteiger partial charge < -0.3 is 10.1 Å². The van der Waals surface area contributed by atoms with Crippen LogP contribution in [0, 0.1) is 0 Å². The molecule has 106 valence electrons. The summed E-state index contributed by atoms with van der Waals surface area (Å²) in [6.45, 7) is 4.39. The first-order chi connectivity index (χ1) is 9.19. The number of nitrogens with one attached hydrogen (secondary N) is 2. The number of ether oxygens (including phenoxy) is 1. The van der Waals surface area contributed by atoms with Gasteiger partial charge in [-0.05, 0) is 31.0 Å². The molecule has 0 bridgehead atoms. The van der Waals surface area contributed by atoms with E-state index in [4.69, 9.17) is 0 Å². The zero-order valence-corrected chi connectivity index (χ0v) is 12.0. The third-order valence-electron chi connectivity index (χ3n) is 2.94. The van der Waals surface area contributed by atoms with Crippen LogP contribution < -0.4 is 10.6 Å². The summed E-state index contributed by atoms with van der Waals surface area (Å²) in [4.78, 5) is 11.2. The Morgan fingerprint density at radius 3 is 2.42 bits per heavy atom. The Labute approximate surface area is 115 Å². The van der Waals surface area contributed by atoms with E-state index < -0.39 is 6.09 Å². The van der Waals surface area contributed by atoms with Crippen LogP contribution in [0.2, 0.25) is 0 Å². The number of amides is 1. The van der Waals surface area contributed by atoms with E-state index in [9.17, 15) is 4.79 Å². The van der Waals surface area contributed by atoms with Gasteiger partial charge in [-0.3, -0.25) is 5.32 Å². The van der Waals surface area contributed by atoms with Crippen molar-refractivity contribution in [2.45, 2.75) is 45.6 Å². The SMILES string of the molecule is CCCC(CCC)Nc1cccc(NC(=O)OC)c1. The van der Waals surface area contributed by atoms with Gasteiger partial charge in [0.05, 0.1) is 7.11 Å². The van der Waals surface area contributed by atoms with Crippen molar-refractivity contribution in [3.05, 3.63) is 24.3 Å². The van der Waals surface area contributed by atoms with Crippen LogP contribution >= 0.6 is 0 Å². The molecule has 4 nitrogen and oxygen atoms in total. The van der Waals surface area contributed by atoms with E-state index in [0.717, 1.165) is 37.1 Å². The van der Waals surface area contributed by atoms with E-state index in [1.807, 2.05) is 24.3 Å². The topological polar surface area (TPSA) is 50.4 Å². The highest BCUT2D eigenvalue weighted by molar-refractivity contribution is 5.85. The van der Waals surface area contributed by atoms with Crippen molar-refractivity contribution in [2.24, 2.45) is 0 Å². The van der Waals surface area contributed by atoms with E-state index in [1.54, 1.807) is 0 Å². The van der Waals surface area contributed by atoms with Crippen molar-refractivity contribution < 1.29 is 9.53 Å². The second-order valence-corrected chi connectivity index (χ2v) is 4.62. The molecule has 1 aromatic rings. The molecular weight excluding hydrogens is 240 g/mol. The minimum atomic E-state index is -0.448. The summed E-state index contributed by atoms with van der Waals surface area (Å²) in [5.74, 6) is 0. The Bertz CT molecular complexity index is 387. The Kier molecular flexibility index (Phi) is 6.79. The first-order valence-corrected chi connectivity index (χ1v) is 6.91. The fourth-order valence-electron chi connectivity index (χ4n) is 2.08. The molecule has 0 heterocycles. The van der Waals surface area contributed by atoms with Gasteiger partial charge in [0.15, 0.2) is 0 Å². The molecule has 0 aliphatic heterocycles. The second kappa shape index (κ2) is 8.40. The number of hydrogen-bond acceptors (Lipinski definition) is 3. The van der Waals surface area contributed by atoms with Gasteiger partial charge in [-0.15, -0.1) is 0 Å². The monoisotopic (exact) mass is 264 g/mol. The predicted octanol–water partition coefficient (Wildman–Crippen LogP) is 4.25. The number of methoxy groups -OCH3 is 1. The van der Waals surface area contributed by atoms with Crippen LogP contribution in [0.5, 0.6) is 0 Å². The first-order valence-electron chi connectivity index (χ1n) is 6.91. The molecular formula is C15H24N2O2. The van der Waals surface area contributed by atoms with Crippen molar-refractivity contribution >= 4 is 17.5 Å². The Balaban J connectivity index is 2.66. The molecule has 0 saturated carbocycles. The molecule has 0 aliphatic rings. The van der Waals surface area contributed by atoms with Gasteiger partial charge >= 0.3 is 6.09 Å². The largest absolute Gasteiger partial charge is 0.453 e. The molecule has 0 atom stereocenters. The molecule has 4 heteroatoms. The number of rotatable bonds is 7. The van der Waals surface area contributed by atoms with E-state index in [-0.39, 0.29) is 0 Å². The lowest BCUT2D eigenvalue weighted by atomic mass is 10.1. The van der Waals surface area contributed by atoms with E-state index in [0.29, 0.717) is 6.04 Å². The maximum atomic E-state index is 11.2. The quantitative estimate of drug-likeness (QED) is 0.774. The Morgan fingerprint density at radius 2 is 1.84 bits per heavy atom. The van der Waals surface area contributed by atoms with E-state index >= 15 is 0 Å². The molecule has 0 radical (unpaired) electrons. The number of hydrogen-bond donors (Lipinski definition) is 2. The van der Waals surface area contributed by atoms with Gasteiger partial charge in [0.25, 0.3) is 0 Å². The molecule has 1 rings (SSSR count). The summed E-state index contributed by atoms with van der Waals surface area (Å²) in [5, 5.41) is 6.19. The van der Waals surface area contributed by atoms with Crippen LogP contribution in [0.1, 0.15) is 39.5 Å². The Morgan fingerprint density at radius 1 is 1.21 bits per heavy atom. The standard InChI is InChI=1S/C15H24N2O2/c1-4-7-12(8-5-2)16-13-9-6-10-14(11-13)17-15(18)19-3/h6,9-12,16H,4-5,7-8H2,1-3H3,(H,17,18). The summed E-state index contributed by atoms with van der Waals surface area (Å²) in [6, 6.07) is 8.19. The van der Waals surface area contributed by atoms with Crippen molar-refractivity contribution in [2.75, 3.05) is 17.7 Å². The van der Waals surface area contributed by atoms with Gasteiger partial charge in [0, 0.05) is 17.4 Å². The van der Waals surface area contributed by atoms with Gasteiger partial charge in [0.2, 0.25) is 0 Å². The fourth-order valence-corrected chi connectivity index (χ4v) is 2.08. The van der Waals surface area contributed by atoms with E-state index in [1.165, 1.54) is 7.11 Å². The second-order valence-electron chi connectivity index (χ2n) is 4.62. The summed E-state index contributed by atoms with van der Waals surface area (Å²) in [5.41, 5.74) is 1.77. The summed E-state index contributed by atoms with van der Waals surface area (Å²) < 4.78 is 4.58. The average Bonchev–Trinajstić information content (AvgIpc) is 2.39. The summed E-state index contributed by atoms with van der Waals surface area (Å²) in [6.07, 6.45) is 4.19. The minimum Gasteiger partial charge on any atom is -0.453 e. The third-order valence-corrected chi connectivity index (χ3v) is 2.94. The maximum absolute atomic E-state index is 11.2. The van der Waals surface area contributed by atoms with Gasteiger partial charge in [-0.1, -0.05) is 32.8 Å². The van der Waals surface area contributed by atoms with Crippen LogP contribution in [0.25, 0.3) is 0 Å². The highest BCUT2D eigenvalue weighted by Gasteiger charge is 2.07. The summed E-state index contributed by atoms with van der Waals surface area (Å²) in [7, 11) is 1.36. The molecule has 0 fully saturated rings. The third kappa shape index (κ3) is 5.64. The lowest BCUT2D eigenvalue weighted by molar-refractivity contribution is 0.187. The minimum absolute atomic E-state index is 0.448. The van der Waals surface area contributed by atoms with Gasteiger partial charge in [-0.25, -0.2) is 4.79 Å². The maximum Gasteiger partial charge on any atom is 0.411 e. The zero-order valence-electron chi connectivity index (χ0n) is 12.0. The number of benzene rings is 1. The van der Waals surface area contributed by atoms with Crippen molar-refractivity contribution in [1.29, 1.82) is 0 Å². The lowest BCUT2D eigenvalue weighted by Gasteiger charge is -2.19. The molecule has 1 amide bonds. The highest BCUT2D eigenvalue weighted by atomic mass is 16.5. The lowest BCUT2D eigenvalue weighted by Crippen LogP contribution is -2.19. The van der Waals surface area contributed by atoms with Crippen LogP contribution in [0.3, 0.4) is 0 Å². The molecule has 0 saturated heterocycles. The predicted molar refractivity (Wildman–Crippen MR) is 79.7 cm³/mol. The van der Waals surface area contributed by atoms with Crippen molar-refractivity contribution in [3.8, 4) is 0 Å². The normalized spacial score (nSPS) is 10.3. The van der Waals surface area contributed by atoms with Crippen LogP contribution in [-0.2, 0) is 4.74 Å². The molecule has 0 spiro atoms. The smallest absolute Gasteiger partial charge is 0.411 e. The number of anilines is 2. The van der Waals surface area contributed by atoms with Crippen LogP contribution in [-0.4, -0.2) is 19.2 Å². The van der Waals surface area contributed by atoms with Gasteiger partial charge in [0.1, 0.15) is 0 Å². The highest BCUT2D eigenvalue weighted by Crippen LogP contribution is 2.18. The molecule has 1 aromatic carbocycles. The van der Waals surface area contributed by atoms with Crippen LogP contribution in [0.15, 0.2) is 24.3 Å². The first kappa shape index (κ1) is 15.3. The Hall–Kier alpha value is -1.71. The van der Waals surface area contributed by atoms with Crippen molar-refractivity contribution in [3.63, 3.8) is 0 Å². The fraction of sp³-hybridized carbons (Fsp3) is 0.533. The van der Waals surface area contributed by atoms with Gasteiger partial charge in [-0.2, -0.15) is 0 Å². The molecule has 19 heavy (non-hydrogen) atoms.